The summed E-state index contributed by atoms with van der Waals surface area (Å²) in [4.78, 5) is 40.3. The fourth-order valence-corrected chi connectivity index (χ4v) is 7.37. The Bertz CT molecular complexity index is 1770. The molecule has 4 aromatic rings. The minimum Gasteiger partial charge on any atom is -0.493 e. The van der Waals surface area contributed by atoms with Gasteiger partial charge in [0.05, 0.1) is 44.4 Å². The average Bonchev–Trinajstić information content (AvgIpc) is 3.63. The number of rotatable bonds is 12. The molecule has 0 saturated heterocycles. The number of fused-ring (bicyclic) bond motifs is 1. The highest BCUT2D eigenvalue weighted by atomic mass is 32.2. The number of aromatic nitrogens is 3. The fraction of sp³-hybridized carbons (Fsp3) is 0.364. The van der Waals surface area contributed by atoms with Crippen LogP contribution in [0.5, 0.6) is 11.5 Å². The summed E-state index contributed by atoms with van der Waals surface area (Å²) in [7, 11) is 3.05. The summed E-state index contributed by atoms with van der Waals surface area (Å²) in [5, 5.41) is 15.7. The Morgan fingerprint density at radius 3 is 2.54 bits per heavy atom. The number of aryl methyl sites for hydroxylation is 3. The largest absolute Gasteiger partial charge is 0.493 e. The highest BCUT2D eigenvalue weighted by Gasteiger charge is 2.27. The molecule has 0 aliphatic heterocycles. The second kappa shape index (κ2) is 14.8. The zero-order valence-electron chi connectivity index (χ0n) is 26.5. The van der Waals surface area contributed by atoms with Gasteiger partial charge in [-0.25, -0.2) is 4.79 Å². The molecule has 1 aliphatic rings. The van der Waals surface area contributed by atoms with Crippen molar-refractivity contribution in [3.63, 3.8) is 0 Å². The second-order valence-electron chi connectivity index (χ2n) is 10.7. The van der Waals surface area contributed by atoms with E-state index in [1.165, 1.54) is 37.3 Å². The van der Waals surface area contributed by atoms with E-state index in [2.05, 4.69) is 20.8 Å². The number of ether oxygens (including phenoxy) is 3. The number of anilines is 1. The summed E-state index contributed by atoms with van der Waals surface area (Å²) in [6.07, 6.45) is 3.75. The number of nitrogens with zero attached hydrogens (tertiary/aromatic N) is 3. The molecule has 0 radical (unpaired) electrons. The van der Waals surface area contributed by atoms with Crippen molar-refractivity contribution in [1.82, 2.24) is 20.1 Å². The third-order valence-corrected chi connectivity index (χ3v) is 9.73. The molecule has 2 heterocycles. The third kappa shape index (κ3) is 7.20. The van der Waals surface area contributed by atoms with Crippen LogP contribution in [0.1, 0.15) is 67.9 Å². The number of esters is 1. The molecule has 0 bridgehead atoms. The van der Waals surface area contributed by atoms with Crippen LogP contribution < -0.4 is 20.1 Å². The van der Waals surface area contributed by atoms with Crippen LogP contribution in [0.15, 0.2) is 41.6 Å². The van der Waals surface area contributed by atoms with Gasteiger partial charge in [-0.15, -0.1) is 21.5 Å². The average molecular weight is 664 g/mol. The second-order valence-corrected chi connectivity index (χ2v) is 12.8. The quantitative estimate of drug-likeness (QED) is 0.145. The van der Waals surface area contributed by atoms with Crippen LogP contribution in [0.2, 0.25) is 0 Å². The predicted molar refractivity (Wildman–Crippen MR) is 178 cm³/mol. The van der Waals surface area contributed by atoms with Crippen molar-refractivity contribution in [2.24, 2.45) is 0 Å². The van der Waals surface area contributed by atoms with Crippen LogP contribution >= 0.6 is 23.1 Å². The van der Waals surface area contributed by atoms with E-state index in [0.29, 0.717) is 38.6 Å². The Labute approximate surface area is 276 Å². The van der Waals surface area contributed by atoms with Crippen molar-refractivity contribution < 1.29 is 28.6 Å². The molecule has 5 rings (SSSR count). The number of hydrogen-bond donors (Lipinski definition) is 2. The van der Waals surface area contributed by atoms with Crippen molar-refractivity contribution in [3.8, 4) is 17.2 Å². The molecule has 11 nitrogen and oxygen atoms in total. The van der Waals surface area contributed by atoms with Gasteiger partial charge in [0, 0.05) is 10.4 Å². The van der Waals surface area contributed by atoms with Crippen LogP contribution in [0.3, 0.4) is 0 Å². The Hall–Kier alpha value is -4.36. The zero-order chi connectivity index (χ0) is 32.8. The van der Waals surface area contributed by atoms with E-state index in [1.54, 1.807) is 25.1 Å². The maximum atomic E-state index is 13.3. The topological polar surface area (TPSA) is 134 Å². The number of benzene rings is 2. The van der Waals surface area contributed by atoms with Gasteiger partial charge in [-0.1, -0.05) is 23.9 Å². The molecule has 1 aliphatic carbocycles. The summed E-state index contributed by atoms with van der Waals surface area (Å²) < 4.78 is 17.8. The summed E-state index contributed by atoms with van der Waals surface area (Å²) in [6.45, 7) is 6.10. The molecular weight excluding hydrogens is 627 g/mol. The van der Waals surface area contributed by atoms with Crippen molar-refractivity contribution >= 4 is 45.9 Å². The van der Waals surface area contributed by atoms with Gasteiger partial charge >= 0.3 is 5.97 Å². The number of hydrogen-bond acceptors (Lipinski definition) is 10. The molecule has 13 heteroatoms. The minimum absolute atomic E-state index is 0.0336. The van der Waals surface area contributed by atoms with Crippen LogP contribution in [0.4, 0.5) is 5.00 Å². The highest BCUT2D eigenvalue weighted by Crippen LogP contribution is 2.39. The third-order valence-electron chi connectivity index (χ3n) is 7.59. The van der Waals surface area contributed by atoms with Gasteiger partial charge in [0.25, 0.3) is 5.91 Å². The molecule has 2 N–H and O–H groups in total. The highest BCUT2D eigenvalue weighted by molar-refractivity contribution is 7.99. The van der Waals surface area contributed by atoms with Gasteiger partial charge in [-0.2, -0.15) is 0 Å². The van der Waals surface area contributed by atoms with Crippen molar-refractivity contribution in [2.75, 3.05) is 31.9 Å². The maximum absolute atomic E-state index is 13.3. The summed E-state index contributed by atoms with van der Waals surface area (Å²) in [6, 6.07) is 11.0. The number of carbonyl (C=O) groups excluding carboxylic acids is 3. The Balaban J connectivity index is 1.36. The Morgan fingerprint density at radius 2 is 1.78 bits per heavy atom. The van der Waals surface area contributed by atoms with Crippen LogP contribution in [-0.2, 0) is 28.9 Å². The maximum Gasteiger partial charge on any atom is 0.341 e. The van der Waals surface area contributed by atoms with Crippen LogP contribution in [-0.4, -0.2) is 59.1 Å². The summed E-state index contributed by atoms with van der Waals surface area (Å²) >= 11 is 2.68. The van der Waals surface area contributed by atoms with Gasteiger partial charge < -0.3 is 24.8 Å². The lowest BCUT2D eigenvalue weighted by atomic mass is 9.95. The first-order valence-electron chi connectivity index (χ1n) is 15.0. The molecule has 0 unspecified atom stereocenters. The van der Waals surface area contributed by atoms with Gasteiger partial charge in [0.15, 0.2) is 22.5 Å². The molecule has 46 heavy (non-hydrogen) atoms. The van der Waals surface area contributed by atoms with E-state index in [4.69, 9.17) is 14.2 Å². The first-order chi connectivity index (χ1) is 22.2. The van der Waals surface area contributed by atoms with Gasteiger partial charge in [-0.05, 0) is 87.4 Å². The Kier molecular flexibility index (Phi) is 10.6. The lowest BCUT2D eigenvalue weighted by Crippen LogP contribution is -2.25. The van der Waals surface area contributed by atoms with E-state index in [0.717, 1.165) is 52.9 Å². The van der Waals surface area contributed by atoms with E-state index in [-0.39, 0.29) is 30.7 Å². The lowest BCUT2D eigenvalue weighted by Gasteiger charge is -2.14. The van der Waals surface area contributed by atoms with E-state index in [9.17, 15) is 14.4 Å². The first-order valence-corrected chi connectivity index (χ1v) is 16.8. The number of carbonyl (C=O) groups is 3. The number of methoxy groups -OCH3 is 2. The standard InChI is InChI=1S/C33H37N5O6S2/c1-6-44-32(41)29-22-9-7-8-10-26(22)46-31(29)35-28(39)18-45-33-37-36-27(38(33)23-15-19(2)11-12-20(23)3)17-34-30(40)21-13-14-24(42-4)25(16-21)43-5/h11-16H,6-10,17-18H2,1-5H3,(H,34,40)(H,35,39). The molecule has 2 aromatic heterocycles. The predicted octanol–water partition coefficient (Wildman–Crippen LogP) is 5.68. The molecule has 0 fully saturated rings. The molecule has 2 amide bonds. The van der Waals surface area contributed by atoms with Crippen molar-refractivity contribution in [2.45, 2.75) is 58.2 Å². The van der Waals surface area contributed by atoms with Crippen molar-refractivity contribution in [1.29, 1.82) is 0 Å². The number of nitrogens with one attached hydrogen (secondary N) is 2. The van der Waals surface area contributed by atoms with Crippen LogP contribution in [0.25, 0.3) is 5.69 Å². The van der Waals surface area contributed by atoms with Gasteiger partial charge in [0.1, 0.15) is 5.00 Å². The van der Waals surface area contributed by atoms with Crippen molar-refractivity contribution in [3.05, 3.63) is 74.9 Å². The SMILES string of the molecule is CCOC(=O)c1c(NC(=O)CSc2nnc(CNC(=O)c3ccc(OC)c(OC)c3)n2-c2cc(C)ccc2C)sc2c1CCCC2. The summed E-state index contributed by atoms with van der Waals surface area (Å²) in [5.74, 6) is 0.513. The molecule has 2 aromatic carbocycles. The van der Waals surface area contributed by atoms with Gasteiger partial charge in [0.2, 0.25) is 5.91 Å². The van der Waals surface area contributed by atoms with E-state index in [1.807, 2.05) is 36.6 Å². The lowest BCUT2D eigenvalue weighted by molar-refractivity contribution is -0.113. The molecule has 0 saturated carbocycles. The van der Waals surface area contributed by atoms with Crippen LogP contribution in [0, 0.1) is 13.8 Å². The molecule has 0 atom stereocenters. The summed E-state index contributed by atoms with van der Waals surface area (Å²) in [5.41, 5.74) is 4.74. The van der Waals surface area contributed by atoms with E-state index < -0.39 is 5.97 Å². The molecule has 242 valence electrons. The zero-order valence-corrected chi connectivity index (χ0v) is 28.2. The fourth-order valence-electron chi connectivity index (χ4n) is 5.32. The molecule has 0 spiro atoms. The monoisotopic (exact) mass is 663 g/mol. The van der Waals surface area contributed by atoms with E-state index >= 15 is 0 Å². The number of thioether (sulfide) groups is 1. The van der Waals surface area contributed by atoms with Gasteiger partial charge in [-0.3, -0.25) is 14.2 Å². The number of amides is 2. The number of thiophene rings is 1. The Morgan fingerprint density at radius 1 is 1.00 bits per heavy atom. The normalized spacial score (nSPS) is 12.3. The molecular formula is C33H37N5O6S2. The minimum atomic E-state index is -0.403. The first kappa shape index (κ1) is 33.0. The smallest absolute Gasteiger partial charge is 0.341 e.